The Morgan fingerprint density at radius 1 is 1.11 bits per heavy atom. The smallest absolute Gasteiger partial charge is 0.000770 e. The first-order valence-corrected chi connectivity index (χ1v) is 7.59. The zero-order chi connectivity index (χ0) is 12.7. The Hall–Kier alpha value is -0.820. The first-order valence-electron chi connectivity index (χ1n) is 7.59. The van der Waals surface area contributed by atoms with Crippen molar-refractivity contribution in [3.8, 4) is 0 Å². The Kier molecular flexibility index (Phi) is 5.25. The topological polar surface area (TPSA) is 12.0 Å². The lowest BCUT2D eigenvalue weighted by molar-refractivity contribution is 0.124. The van der Waals surface area contributed by atoms with Crippen molar-refractivity contribution >= 4 is 0 Å². The molecule has 1 aliphatic rings. The van der Waals surface area contributed by atoms with E-state index in [-0.39, 0.29) is 0 Å². The molecule has 0 saturated heterocycles. The summed E-state index contributed by atoms with van der Waals surface area (Å²) in [6.45, 7) is 4.78. The quantitative estimate of drug-likeness (QED) is 0.678. The van der Waals surface area contributed by atoms with E-state index in [1.54, 1.807) is 0 Å². The summed E-state index contributed by atoms with van der Waals surface area (Å²) in [6, 6.07) is 10.8. The van der Waals surface area contributed by atoms with Crippen molar-refractivity contribution in [2.75, 3.05) is 13.1 Å². The fourth-order valence-corrected chi connectivity index (χ4v) is 2.91. The highest BCUT2D eigenvalue weighted by atomic mass is 14.9. The predicted molar refractivity (Wildman–Crippen MR) is 78.8 cm³/mol. The molecule has 1 saturated carbocycles. The molecule has 0 aromatic heterocycles. The average Bonchev–Trinajstić information content (AvgIpc) is 2.37. The molecule has 1 fully saturated rings. The second-order valence-corrected chi connectivity index (χ2v) is 5.83. The third-order valence-electron chi connectivity index (χ3n) is 4.58. The normalized spacial score (nSPS) is 17.4. The Morgan fingerprint density at radius 3 is 2.50 bits per heavy atom. The highest BCUT2D eigenvalue weighted by Crippen LogP contribution is 2.42. The molecular formula is C17H27N. The third-order valence-corrected chi connectivity index (χ3v) is 4.58. The maximum absolute atomic E-state index is 3.67. The number of unbranched alkanes of at least 4 members (excludes halogenated alkanes) is 1. The van der Waals surface area contributed by atoms with E-state index < -0.39 is 0 Å². The lowest BCUT2D eigenvalue weighted by Gasteiger charge is -2.41. The van der Waals surface area contributed by atoms with Crippen LogP contribution in [-0.2, 0) is 6.42 Å². The molecule has 1 nitrogen and oxygen atoms in total. The number of rotatable bonds is 8. The average molecular weight is 245 g/mol. The van der Waals surface area contributed by atoms with Gasteiger partial charge in [0.2, 0.25) is 0 Å². The van der Waals surface area contributed by atoms with Gasteiger partial charge in [0.1, 0.15) is 0 Å². The van der Waals surface area contributed by atoms with Crippen molar-refractivity contribution in [2.24, 2.45) is 5.41 Å². The second kappa shape index (κ2) is 6.94. The molecule has 1 aromatic rings. The molecule has 18 heavy (non-hydrogen) atoms. The van der Waals surface area contributed by atoms with E-state index in [1.807, 2.05) is 0 Å². The van der Waals surface area contributed by atoms with E-state index in [2.05, 4.69) is 42.6 Å². The lowest BCUT2D eigenvalue weighted by atomic mass is 9.67. The molecule has 2 rings (SSSR count). The molecule has 0 unspecified atom stereocenters. The van der Waals surface area contributed by atoms with Crippen molar-refractivity contribution in [1.82, 2.24) is 5.32 Å². The van der Waals surface area contributed by atoms with E-state index in [0.29, 0.717) is 5.41 Å². The van der Waals surface area contributed by atoms with Crippen molar-refractivity contribution < 1.29 is 0 Å². The molecule has 1 aliphatic carbocycles. The van der Waals surface area contributed by atoms with Gasteiger partial charge in [-0.15, -0.1) is 0 Å². The molecule has 0 radical (unpaired) electrons. The van der Waals surface area contributed by atoms with Gasteiger partial charge < -0.3 is 5.32 Å². The molecule has 0 spiro atoms. The molecule has 0 heterocycles. The van der Waals surface area contributed by atoms with Crippen LogP contribution in [-0.4, -0.2) is 13.1 Å². The van der Waals surface area contributed by atoms with Gasteiger partial charge in [0.05, 0.1) is 0 Å². The fraction of sp³-hybridized carbons (Fsp3) is 0.647. The first kappa shape index (κ1) is 13.6. The second-order valence-electron chi connectivity index (χ2n) is 5.83. The van der Waals surface area contributed by atoms with Crippen molar-refractivity contribution in [3.05, 3.63) is 35.9 Å². The minimum atomic E-state index is 0.666. The van der Waals surface area contributed by atoms with Gasteiger partial charge in [-0.2, -0.15) is 0 Å². The van der Waals surface area contributed by atoms with Gasteiger partial charge in [-0.05, 0) is 56.0 Å². The van der Waals surface area contributed by atoms with Gasteiger partial charge in [0.15, 0.2) is 0 Å². The summed E-state index contributed by atoms with van der Waals surface area (Å²) in [4.78, 5) is 0. The van der Waals surface area contributed by atoms with Crippen LogP contribution in [0.2, 0.25) is 0 Å². The van der Waals surface area contributed by atoms with Gasteiger partial charge in [-0.1, -0.05) is 43.7 Å². The fourth-order valence-electron chi connectivity index (χ4n) is 2.91. The first-order chi connectivity index (χ1) is 8.85. The molecule has 1 heteroatoms. The molecule has 0 aliphatic heterocycles. The summed E-state index contributed by atoms with van der Waals surface area (Å²) >= 11 is 0. The van der Waals surface area contributed by atoms with Crippen LogP contribution in [0.1, 0.15) is 51.0 Å². The monoisotopic (exact) mass is 245 g/mol. The zero-order valence-corrected chi connectivity index (χ0v) is 11.8. The van der Waals surface area contributed by atoms with Crippen LogP contribution in [0.3, 0.4) is 0 Å². The van der Waals surface area contributed by atoms with Crippen molar-refractivity contribution in [2.45, 2.75) is 51.9 Å². The highest BCUT2D eigenvalue weighted by molar-refractivity contribution is 5.14. The number of hydrogen-bond donors (Lipinski definition) is 1. The summed E-state index contributed by atoms with van der Waals surface area (Å²) in [5.74, 6) is 0. The number of hydrogen-bond acceptors (Lipinski definition) is 1. The third kappa shape index (κ3) is 3.84. The van der Waals surface area contributed by atoms with Gasteiger partial charge in [0.25, 0.3) is 0 Å². The van der Waals surface area contributed by atoms with E-state index >= 15 is 0 Å². The van der Waals surface area contributed by atoms with Crippen molar-refractivity contribution in [3.63, 3.8) is 0 Å². The van der Waals surface area contributed by atoms with Gasteiger partial charge in [-0.25, -0.2) is 0 Å². The highest BCUT2D eigenvalue weighted by Gasteiger charge is 2.34. The van der Waals surface area contributed by atoms with Crippen LogP contribution in [0.15, 0.2) is 30.3 Å². The van der Waals surface area contributed by atoms with E-state index in [4.69, 9.17) is 0 Å². The van der Waals surface area contributed by atoms with Gasteiger partial charge in [-0.3, -0.25) is 0 Å². The molecule has 100 valence electrons. The van der Waals surface area contributed by atoms with Crippen LogP contribution in [0.4, 0.5) is 0 Å². The van der Waals surface area contributed by atoms with E-state index in [0.717, 1.165) is 0 Å². The number of aryl methyl sites for hydroxylation is 1. The minimum absolute atomic E-state index is 0.666. The Labute approximate surface area is 112 Å². The van der Waals surface area contributed by atoms with E-state index in [1.165, 1.54) is 63.6 Å². The largest absolute Gasteiger partial charge is 0.316 e. The summed E-state index contributed by atoms with van der Waals surface area (Å²) < 4.78 is 0. The SMILES string of the molecule is CCC1(CNCCCCc2ccccc2)CCC1. The van der Waals surface area contributed by atoms with Gasteiger partial charge in [0, 0.05) is 6.54 Å². The Balaban J connectivity index is 1.51. The van der Waals surface area contributed by atoms with Crippen LogP contribution >= 0.6 is 0 Å². The predicted octanol–water partition coefficient (Wildman–Crippen LogP) is 4.18. The molecule has 1 aromatic carbocycles. The summed E-state index contributed by atoms with van der Waals surface area (Å²) in [5.41, 5.74) is 2.14. The van der Waals surface area contributed by atoms with E-state index in [9.17, 15) is 0 Å². The molecular weight excluding hydrogens is 218 g/mol. The minimum Gasteiger partial charge on any atom is -0.316 e. The van der Waals surface area contributed by atoms with Crippen LogP contribution in [0.25, 0.3) is 0 Å². The molecule has 0 amide bonds. The molecule has 0 atom stereocenters. The Morgan fingerprint density at radius 2 is 1.89 bits per heavy atom. The summed E-state index contributed by atoms with van der Waals surface area (Å²) in [7, 11) is 0. The standard InChI is InChI=1S/C17H27N/c1-2-17(12-8-13-17)15-18-14-7-6-11-16-9-4-3-5-10-16/h3-5,9-10,18H,2,6-8,11-15H2,1H3. The number of nitrogens with one attached hydrogen (secondary N) is 1. The van der Waals surface area contributed by atoms with Crippen LogP contribution in [0.5, 0.6) is 0 Å². The Bertz CT molecular complexity index is 321. The van der Waals surface area contributed by atoms with Crippen LogP contribution in [0, 0.1) is 5.41 Å². The summed E-state index contributed by atoms with van der Waals surface area (Å²) in [5, 5.41) is 3.67. The molecule has 0 bridgehead atoms. The maximum atomic E-state index is 3.67. The van der Waals surface area contributed by atoms with Crippen molar-refractivity contribution in [1.29, 1.82) is 0 Å². The number of benzene rings is 1. The van der Waals surface area contributed by atoms with Gasteiger partial charge >= 0.3 is 0 Å². The molecule has 1 N–H and O–H groups in total. The van der Waals surface area contributed by atoms with Crippen LogP contribution < -0.4 is 5.32 Å². The zero-order valence-electron chi connectivity index (χ0n) is 11.8. The maximum Gasteiger partial charge on any atom is 0.000770 e. The lowest BCUT2D eigenvalue weighted by Crippen LogP contribution is -2.39. The summed E-state index contributed by atoms with van der Waals surface area (Å²) in [6.07, 6.45) is 9.51.